The van der Waals surface area contributed by atoms with Crippen LogP contribution in [-0.4, -0.2) is 46.6 Å². The molecule has 0 bridgehead atoms. The number of hydrogen-bond acceptors (Lipinski definition) is 3. The van der Waals surface area contributed by atoms with E-state index in [2.05, 4.69) is 0 Å². The van der Waals surface area contributed by atoms with E-state index in [-0.39, 0.29) is 13.0 Å². The van der Waals surface area contributed by atoms with Crippen LogP contribution in [0.2, 0.25) is 0 Å². The topological polar surface area (TPSA) is 49.8 Å². The van der Waals surface area contributed by atoms with Gasteiger partial charge in [-0.25, -0.2) is 4.79 Å². The highest BCUT2D eigenvalue weighted by molar-refractivity contribution is 5.69. The number of nitrogens with zero attached hydrogens (tertiary/aromatic N) is 1. The van der Waals surface area contributed by atoms with Crippen LogP contribution < -0.4 is 0 Å². The molecule has 7 heteroatoms. The van der Waals surface area contributed by atoms with Crippen LogP contribution in [0.5, 0.6) is 0 Å². The fourth-order valence-corrected chi connectivity index (χ4v) is 1.90. The van der Waals surface area contributed by atoms with E-state index in [4.69, 9.17) is 4.74 Å². The fourth-order valence-electron chi connectivity index (χ4n) is 1.90. The minimum atomic E-state index is -4.66. The Morgan fingerprint density at radius 3 is 2.33 bits per heavy atom. The zero-order chi connectivity index (χ0) is 14.1. The highest BCUT2D eigenvalue weighted by Gasteiger charge is 2.52. The molecule has 1 aliphatic heterocycles. The summed E-state index contributed by atoms with van der Waals surface area (Å²) in [7, 11) is 0. The van der Waals surface area contributed by atoms with Crippen molar-refractivity contribution in [3.05, 3.63) is 0 Å². The summed E-state index contributed by atoms with van der Waals surface area (Å²) in [6.45, 7) is 4.67. The maximum Gasteiger partial charge on any atom is 0.411 e. The van der Waals surface area contributed by atoms with Gasteiger partial charge in [0.2, 0.25) is 0 Å². The van der Waals surface area contributed by atoms with Crippen molar-refractivity contribution in [3.63, 3.8) is 0 Å². The summed E-state index contributed by atoms with van der Waals surface area (Å²) in [6.07, 6.45) is -6.93. The van der Waals surface area contributed by atoms with E-state index in [1.165, 1.54) is 0 Å². The van der Waals surface area contributed by atoms with Crippen LogP contribution in [-0.2, 0) is 4.74 Å². The molecular weight excluding hydrogens is 251 g/mol. The molecule has 1 heterocycles. The lowest BCUT2D eigenvalue weighted by Gasteiger charge is -2.40. The fraction of sp³-hybridized carbons (Fsp3) is 0.909. The maximum absolute atomic E-state index is 12.8. The van der Waals surface area contributed by atoms with Crippen LogP contribution in [0.25, 0.3) is 0 Å². The van der Waals surface area contributed by atoms with Crippen LogP contribution in [0.1, 0.15) is 33.6 Å². The van der Waals surface area contributed by atoms with Crippen molar-refractivity contribution in [2.75, 3.05) is 6.54 Å². The van der Waals surface area contributed by atoms with Gasteiger partial charge in [-0.15, -0.1) is 0 Å². The minimum Gasteiger partial charge on any atom is -0.444 e. The van der Waals surface area contributed by atoms with Crippen molar-refractivity contribution in [2.45, 2.75) is 57.5 Å². The predicted molar refractivity (Wildman–Crippen MR) is 58.0 cm³/mol. The van der Waals surface area contributed by atoms with Gasteiger partial charge in [-0.3, -0.25) is 4.90 Å². The Hall–Kier alpha value is -0.980. The first-order valence-corrected chi connectivity index (χ1v) is 5.77. The molecule has 106 valence electrons. The Morgan fingerprint density at radius 1 is 1.33 bits per heavy atom. The third-order valence-electron chi connectivity index (χ3n) is 2.56. The van der Waals surface area contributed by atoms with Crippen molar-refractivity contribution in [2.24, 2.45) is 0 Å². The Labute approximate surface area is 104 Å². The van der Waals surface area contributed by atoms with Gasteiger partial charge in [0.15, 0.2) is 6.04 Å². The molecule has 4 nitrogen and oxygen atoms in total. The number of rotatable bonds is 0. The lowest BCUT2D eigenvalue weighted by molar-refractivity contribution is -0.212. The smallest absolute Gasteiger partial charge is 0.411 e. The number of alkyl halides is 3. The Bertz CT molecular complexity index is 312. The number of aliphatic hydroxyl groups excluding tert-OH is 1. The molecule has 1 aliphatic rings. The quantitative estimate of drug-likeness (QED) is 0.734. The van der Waals surface area contributed by atoms with Gasteiger partial charge in [0, 0.05) is 6.54 Å². The molecule has 1 N–H and O–H groups in total. The average molecular weight is 269 g/mol. The van der Waals surface area contributed by atoms with Gasteiger partial charge < -0.3 is 9.84 Å². The third-order valence-corrected chi connectivity index (χ3v) is 2.56. The van der Waals surface area contributed by atoms with Gasteiger partial charge >= 0.3 is 12.3 Å². The predicted octanol–water partition coefficient (Wildman–Crippen LogP) is 2.31. The third kappa shape index (κ3) is 3.76. The molecule has 1 fully saturated rings. The molecule has 0 saturated carbocycles. The summed E-state index contributed by atoms with van der Waals surface area (Å²) in [6, 6.07) is -2.18. The summed E-state index contributed by atoms with van der Waals surface area (Å²) in [4.78, 5) is 12.3. The molecule has 1 saturated heterocycles. The normalized spacial score (nSPS) is 26.1. The molecule has 1 amide bonds. The van der Waals surface area contributed by atoms with Crippen molar-refractivity contribution in [3.8, 4) is 0 Å². The Balaban J connectivity index is 2.87. The molecule has 0 aromatic heterocycles. The lowest BCUT2D eigenvalue weighted by atomic mass is 9.99. The number of likely N-dealkylation sites (tertiary alicyclic amines) is 1. The van der Waals surface area contributed by atoms with Crippen LogP contribution in [0, 0.1) is 0 Å². The van der Waals surface area contributed by atoms with E-state index >= 15 is 0 Å². The molecule has 0 unspecified atom stereocenters. The number of halogens is 3. The number of hydrogen-bond donors (Lipinski definition) is 1. The van der Waals surface area contributed by atoms with Gasteiger partial charge in [-0.05, 0) is 33.6 Å². The Morgan fingerprint density at radius 2 is 1.89 bits per heavy atom. The number of aliphatic hydroxyl groups is 1. The van der Waals surface area contributed by atoms with Gasteiger partial charge in [0.25, 0.3) is 0 Å². The van der Waals surface area contributed by atoms with Crippen molar-refractivity contribution < 1.29 is 27.8 Å². The van der Waals surface area contributed by atoms with E-state index in [0.717, 1.165) is 0 Å². The molecule has 0 radical (unpaired) electrons. The van der Waals surface area contributed by atoms with E-state index in [0.29, 0.717) is 11.3 Å². The van der Waals surface area contributed by atoms with E-state index in [9.17, 15) is 23.1 Å². The zero-order valence-corrected chi connectivity index (χ0v) is 10.6. The first-order valence-electron chi connectivity index (χ1n) is 5.77. The molecule has 0 aromatic carbocycles. The summed E-state index contributed by atoms with van der Waals surface area (Å²) < 4.78 is 43.4. The van der Waals surface area contributed by atoms with Gasteiger partial charge in [0.1, 0.15) is 5.60 Å². The molecule has 0 aromatic rings. The van der Waals surface area contributed by atoms with Crippen LogP contribution in [0.4, 0.5) is 18.0 Å². The summed E-state index contributed by atoms with van der Waals surface area (Å²) in [5, 5.41) is 9.45. The highest BCUT2D eigenvalue weighted by Crippen LogP contribution is 2.33. The second-order valence-electron chi connectivity index (χ2n) is 5.37. The van der Waals surface area contributed by atoms with Crippen molar-refractivity contribution in [1.82, 2.24) is 4.90 Å². The maximum atomic E-state index is 12.8. The average Bonchev–Trinajstić information content (AvgIpc) is 2.12. The molecule has 2 atom stereocenters. The van der Waals surface area contributed by atoms with Gasteiger partial charge in [0.05, 0.1) is 6.10 Å². The first kappa shape index (κ1) is 15.1. The minimum absolute atomic E-state index is 0.0312. The van der Waals surface area contributed by atoms with E-state index < -0.39 is 30.0 Å². The second kappa shape index (κ2) is 4.95. The molecule has 18 heavy (non-hydrogen) atoms. The van der Waals surface area contributed by atoms with Crippen LogP contribution in [0.15, 0.2) is 0 Å². The van der Waals surface area contributed by atoms with Crippen LogP contribution >= 0.6 is 0 Å². The van der Waals surface area contributed by atoms with Crippen molar-refractivity contribution in [1.29, 1.82) is 0 Å². The lowest BCUT2D eigenvalue weighted by Crippen LogP contribution is -2.58. The summed E-state index contributed by atoms with van der Waals surface area (Å²) in [5.74, 6) is 0. The Kier molecular flexibility index (Phi) is 4.15. The summed E-state index contributed by atoms with van der Waals surface area (Å²) >= 11 is 0. The molecular formula is C11H18F3NO3. The number of ether oxygens (including phenoxy) is 1. The number of carbonyl (C=O) groups excluding carboxylic acids is 1. The molecule has 1 rings (SSSR count). The standard InChI is InChI=1S/C11H18F3NO3/c1-10(2,3)18-9(17)15-6-4-5-7(16)8(15)11(12,13)14/h7-8,16H,4-6H2,1-3H3/t7-,8-/m1/s1. The zero-order valence-electron chi connectivity index (χ0n) is 10.6. The molecule has 0 aliphatic carbocycles. The largest absolute Gasteiger partial charge is 0.444 e. The van der Waals surface area contributed by atoms with Gasteiger partial charge in [-0.1, -0.05) is 0 Å². The van der Waals surface area contributed by atoms with E-state index in [1.54, 1.807) is 20.8 Å². The van der Waals surface area contributed by atoms with Gasteiger partial charge in [-0.2, -0.15) is 13.2 Å². The number of piperidine rings is 1. The highest BCUT2D eigenvalue weighted by atomic mass is 19.4. The van der Waals surface area contributed by atoms with Crippen LogP contribution in [0.3, 0.4) is 0 Å². The molecule has 0 spiro atoms. The number of amides is 1. The van der Waals surface area contributed by atoms with Crippen molar-refractivity contribution >= 4 is 6.09 Å². The summed E-state index contributed by atoms with van der Waals surface area (Å²) in [5.41, 5.74) is -0.865. The van der Waals surface area contributed by atoms with E-state index in [1.807, 2.05) is 0 Å². The first-order chi connectivity index (χ1) is 8.02. The number of carbonyl (C=O) groups is 1. The monoisotopic (exact) mass is 269 g/mol. The SMILES string of the molecule is CC(C)(C)OC(=O)N1CCC[C@@H](O)[C@@H]1C(F)(F)F. The second-order valence-corrected chi connectivity index (χ2v) is 5.37.